The van der Waals surface area contributed by atoms with E-state index < -0.39 is 6.10 Å². The number of hydrogen-bond acceptors (Lipinski definition) is 5. The van der Waals surface area contributed by atoms with Gasteiger partial charge in [-0.25, -0.2) is 0 Å². The lowest BCUT2D eigenvalue weighted by Gasteiger charge is -2.17. The number of ether oxygens (including phenoxy) is 2. The average molecular weight is 274 g/mol. The van der Waals surface area contributed by atoms with Crippen LogP contribution in [-0.4, -0.2) is 29.5 Å². The van der Waals surface area contributed by atoms with Crippen LogP contribution >= 0.6 is 0 Å². The zero-order chi connectivity index (χ0) is 14.7. The Morgan fingerprint density at radius 3 is 2.35 bits per heavy atom. The van der Waals surface area contributed by atoms with E-state index in [1.54, 1.807) is 19.2 Å². The quantitative estimate of drug-likeness (QED) is 0.926. The molecule has 5 heteroatoms. The number of aliphatic hydroxyl groups is 1. The van der Waals surface area contributed by atoms with Crippen LogP contribution in [0.15, 0.2) is 24.3 Å². The molecule has 0 aliphatic heterocycles. The maximum Gasteiger partial charge on any atom is 0.233 e. The molecule has 0 spiro atoms. The van der Waals surface area contributed by atoms with Crippen LogP contribution in [0.4, 0.5) is 0 Å². The maximum absolute atomic E-state index is 10.5. The highest BCUT2D eigenvalue weighted by Gasteiger charge is 2.20. The molecule has 0 saturated heterocycles. The molecule has 0 bridgehead atoms. The average Bonchev–Trinajstić information content (AvgIpc) is 2.46. The van der Waals surface area contributed by atoms with Crippen LogP contribution in [-0.2, 0) is 0 Å². The smallest absolute Gasteiger partial charge is 0.233 e. The fourth-order valence-corrected chi connectivity index (χ4v) is 2.19. The van der Waals surface area contributed by atoms with Gasteiger partial charge < -0.3 is 14.6 Å². The molecule has 2 aromatic rings. The fourth-order valence-electron chi connectivity index (χ4n) is 2.19. The van der Waals surface area contributed by atoms with Crippen molar-refractivity contribution < 1.29 is 14.6 Å². The summed E-state index contributed by atoms with van der Waals surface area (Å²) < 4.78 is 10.3. The van der Waals surface area contributed by atoms with Crippen molar-refractivity contribution >= 4 is 0 Å². The SMILES string of the molecule is COc1ccc(C(O)c2c(C)cc(C)cc2OC)nn1. The topological polar surface area (TPSA) is 64.5 Å². The third-order valence-electron chi connectivity index (χ3n) is 3.14. The minimum absolute atomic E-state index is 0.411. The standard InChI is InChI=1S/C15H18N2O3/c1-9-7-10(2)14(12(8-9)19-3)15(18)11-5-6-13(20-4)17-16-11/h5-8,15,18H,1-4H3. The van der Waals surface area contributed by atoms with Gasteiger partial charge in [-0.05, 0) is 37.1 Å². The predicted octanol–water partition coefficient (Wildman–Crippen LogP) is 2.19. The van der Waals surface area contributed by atoms with Crippen LogP contribution in [0.3, 0.4) is 0 Å². The molecule has 20 heavy (non-hydrogen) atoms. The van der Waals surface area contributed by atoms with Gasteiger partial charge in [-0.15, -0.1) is 10.2 Å². The fraction of sp³-hybridized carbons (Fsp3) is 0.333. The van der Waals surface area contributed by atoms with Crippen LogP contribution in [0.5, 0.6) is 11.6 Å². The zero-order valence-electron chi connectivity index (χ0n) is 12.0. The first kappa shape index (κ1) is 14.3. The molecule has 0 fully saturated rings. The minimum atomic E-state index is -0.885. The molecule has 5 nitrogen and oxygen atoms in total. The Morgan fingerprint density at radius 2 is 1.80 bits per heavy atom. The Labute approximate surface area is 118 Å². The number of aromatic nitrogens is 2. The molecule has 0 saturated carbocycles. The predicted molar refractivity (Wildman–Crippen MR) is 75.1 cm³/mol. The van der Waals surface area contributed by atoms with Crippen molar-refractivity contribution in [1.82, 2.24) is 10.2 Å². The highest BCUT2D eigenvalue weighted by atomic mass is 16.5. The largest absolute Gasteiger partial charge is 0.496 e. The Kier molecular flexibility index (Phi) is 4.20. The molecule has 0 radical (unpaired) electrons. The molecule has 2 rings (SSSR count). The van der Waals surface area contributed by atoms with E-state index in [4.69, 9.17) is 9.47 Å². The van der Waals surface area contributed by atoms with Gasteiger partial charge in [0, 0.05) is 11.6 Å². The second-order valence-corrected chi connectivity index (χ2v) is 4.60. The third kappa shape index (κ3) is 2.72. The number of aryl methyl sites for hydroxylation is 2. The molecule has 106 valence electrons. The molecule has 1 aromatic heterocycles. The summed E-state index contributed by atoms with van der Waals surface area (Å²) in [6.45, 7) is 3.92. The summed E-state index contributed by atoms with van der Waals surface area (Å²) in [5.41, 5.74) is 3.19. The van der Waals surface area contributed by atoms with Crippen molar-refractivity contribution in [3.8, 4) is 11.6 Å². The lowest BCUT2D eigenvalue weighted by Crippen LogP contribution is -2.08. The van der Waals surface area contributed by atoms with Gasteiger partial charge in [0.1, 0.15) is 11.9 Å². The van der Waals surface area contributed by atoms with Gasteiger partial charge in [0.15, 0.2) is 0 Å². The Balaban J connectivity index is 2.44. The van der Waals surface area contributed by atoms with Crippen LogP contribution in [0.2, 0.25) is 0 Å². The minimum Gasteiger partial charge on any atom is -0.496 e. The van der Waals surface area contributed by atoms with Gasteiger partial charge in [0.05, 0.1) is 19.9 Å². The number of benzene rings is 1. The summed E-state index contributed by atoms with van der Waals surface area (Å²) in [6, 6.07) is 7.25. The first-order valence-corrected chi connectivity index (χ1v) is 6.27. The van der Waals surface area contributed by atoms with Gasteiger partial charge in [0.2, 0.25) is 5.88 Å². The van der Waals surface area contributed by atoms with Crippen LogP contribution in [0, 0.1) is 13.8 Å². The number of aliphatic hydroxyl groups excluding tert-OH is 1. The summed E-state index contributed by atoms with van der Waals surface area (Å²) in [4.78, 5) is 0. The molecular weight excluding hydrogens is 256 g/mol. The Morgan fingerprint density at radius 1 is 1.05 bits per heavy atom. The first-order valence-electron chi connectivity index (χ1n) is 6.27. The third-order valence-corrected chi connectivity index (χ3v) is 3.14. The van der Waals surface area contributed by atoms with Crippen LogP contribution < -0.4 is 9.47 Å². The molecule has 1 atom stereocenters. The molecule has 0 amide bonds. The van der Waals surface area contributed by atoms with Crippen molar-refractivity contribution in [3.63, 3.8) is 0 Å². The summed E-state index contributed by atoms with van der Waals surface area (Å²) in [7, 11) is 3.11. The van der Waals surface area contributed by atoms with Crippen molar-refractivity contribution in [2.24, 2.45) is 0 Å². The second kappa shape index (κ2) is 5.88. The van der Waals surface area contributed by atoms with E-state index in [1.165, 1.54) is 7.11 Å². The van der Waals surface area contributed by atoms with E-state index in [1.807, 2.05) is 26.0 Å². The number of hydrogen-bond donors (Lipinski definition) is 1. The highest BCUT2D eigenvalue weighted by Crippen LogP contribution is 2.33. The van der Waals surface area contributed by atoms with Gasteiger partial charge >= 0.3 is 0 Å². The normalized spacial score (nSPS) is 12.1. The van der Waals surface area contributed by atoms with Crippen molar-refractivity contribution in [2.45, 2.75) is 20.0 Å². The molecule has 0 aliphatic carbocycles. The van der Waals surface area contributed by atoms with Crippen molar-refractivity contribution in [3.05, 3.63) is 46.6 Å². The van der Waals surface area contributed by atoms with Crippen molar-refractivity contribution in [1.29, 1.82) is 0 Å². The number of methoxy groups -OCH3 is 2. The lowest BCUT2D eigenvalue weighted by atomic mass is 9.97. The number of nitrogens with zero attached hydrogens (tertiary/aromatic N) is 2. The zero-order valence-corrected chi connectivity index (χ0v) is 12.0. The molecule has 1 N–H and O–H groups in total. The van der Waals surface area contributed by atoms with E-state index in [2.05, 4.69) is 10.2 Å². The molecule has 0 aliphatic rings. The Bertz CT molecular complexity index is 597. The van der Waals surface area contributed by atoms with Crippen LogP contribution in [0.1, 0.15) is 28.5 Å². The monoisotopic (exact) mass is 274 g/mol. The van der Waals surface area contributed by atoms with Crippen LogP contribution in [0.25, 0.3) is 0 Å². The summed E-state index contributed by atoms with van der Waals surface area (Å²) in [5.74, 6) is 1.06. The summed E-state index contributed by atoms with van der Waals surface area (Å²) in [5, 5.41) is 18.4. The maximum atomic E-state index is 10.5. The van der Waals surface area contributed by atoms with Crippen molar-refractivity contribution in [2.75, 3.05) is 14.2 Å². The van der Waals surface area contributed by atoms with E-state index in [-0.39, 0.29) is 0 Å². The summed E-state index contributed by atoms with van der Waals surface area (Å²) >= 11 is 0. The highest BCUT2D eigenvalue weighted by molar-refractivity contribution is 5.46. The van der Waals surface area contributed by atoms with E-state index in [9.17, 15) is 5.11 Å². The number of rotatable bonds is 4. The first-order chi connectivity index (χ1) is 9.56. The van der Waals surface area contributed by atoms with E-state index in [0.29, 0.717) is 22.9 Å². The summed E-state index contributed by atoms with van der Waals surface area (Å²) in [6.07, 6.45) is -0.885. The van der Waals surface area contributed by atoms with E-state index >= 15 is 0 Å². The Hall–Kier alpha value is -2.14. The van der Waals surface area contributed by atoms with Gasteiger partial charge in [0.25, 0.3) is 0 Å². The molecule has 1 aromatic carbocycles. The van der Waals surface area contributed by atoms with Gasteiger partial charge in [-0.1, -0.05) is 6.07 Å². The van der Waals surface area contributed by atoms with Gasteiger partial charge in [-0.3, -0.25) is 0 Å². The second-order valence-electron chi connectivity index (χ2n) is 4.60. The molecule has 1 heterocycles. The lowest BCUT2D eigenvalue weighted by molar-refractivity contribution is 0.207. The molecule has 1 unspecified atom stereocenters. The van der Waals surface area contributed by atoms with Gasteiger partial charge in [-0.2, -0.15) is 0 Å². The van der Waals surface area contributed by atoms with E-state index in [0.717, 1.165) is 11.1 Å². The molecular formula is C15H18N2O3.